The number of aryl methyl sites for hydroxylation is 2. The van der Waals surface area contributed by atoms with E-state index < -0.39 is 0 Å². The van der Waals surface area contributed by atoms with E-state index in [1.807, 2.05) is 36.5 Å². The Balaban J connectivity index is 1.58. The maximum atomic E-state index is 9.79. The van der Waals surface area contributed by atoms with Gasteiger partial charge in [-0.1, -0.05) is 18.2 Å². The van der Waals surface area contributed by atoms with E-state index in [-0.39, 0.29) is 5.75 Å². The fraction of sp³-hybridized carbons (Fsp3) is 0.118. The average molecular weight is 290 g/mol. The number of nitrogens with zero attached hydrogens (tertiary/aromatic N) is 3. The minimum atomic E-state index is 0.224. The summed E-state index contributed by atoms with van der Waals surface area (Å²) in [6.45, 7) is 0. The highest BCUT2D eigenvalue weighted by molar-refractivity contribution is 5.81. The van der Waals surface area contributed by atoms with Crippen molar-refractivity contribution in [2.45, 2.75) is 12.8 Å². The van der Waals surface area contributed by atoms with Crippen molar-refractivity contribution in [1.29, 1.82) is 0 Å². The fourth-order valence-electron chi connectivity index (χ4n) is 2.55. The summed E-state index contributed by atoms with van der Waals surface area (Å²) in [7, 11) is 0. The molecule has 4 rings (SSSR count). The molecule has 0 radical (unpaired) electrons. The largest absolute Gasteiger partial charge is 0.506 e. The number of hydrogen-bond donors (Lipinski definition) is 2. The summed E-state index contributed by atoms with van der Waals surface area (Å²) in [4.78, 5) is 16.7. The van der Waals surface area contributed by atoms with Gasteiger partial charge in [0.2, 0.25) is 0 Å². The topological polar surface area (TPSA) is 74.7 Å². The number of imidazole rings is 1. The lowest BCUT2D eigenvalue weighted by molar-refractivity contribution is 0.480. The van der Waals surface area contributed by atoms with Gasteiger partial charge >= 0.3 is 0 Å². The highest BCUT2D eigenvalue weighted by Crippen LogP contribution is 2.22. The second kappa shape index (κ2) is 5.11. The van der Waals surface area contributed by atoms with Crippen molar-refractivity contribution in [3.05, 3.63) is 60.2 Å². The maximum absolute atomic E-state index is 9.79. The van der Waals surface area contributed by atoms with Crippen LogP contribution in [0.1, 0.15) is 11.5 Å². The molecule has 2 aromatic carbocycles. The Hall–Kier alpha value is -2.95. The predicted octanol–water partition coefficient (Wildman–Crippen LogP) is 3.00. The quantitative estimate of drug-likeness (QED) is 0.608. The lowest BCUT2D eigenvalue weighted by Crippen LogP contribution is -1.97. The first-order valence-corrected chi connectivity index (χ1v) is 7.17. The van der Waals surface area contributed by atoms with Crippen LogP contribution in [-0.2, 0) is 12.8 Å². The van der Waals surface area contributed by atoms with Gasteiger partial charge in [-0.3, -0.25) is 4.98 Å². The van der Waals surface area contributed by atoms with Gasteiger partial charge in [-0.05, 0) is 30.7 Å². The van der Waals surface area contributed by atoms with E-state index >= 15 is 0 Å². The van der Waals surface area contributed by atoms with Crippen molar-refractivity contribution in [1.82, 2.24) is 19.9 Å². The third-order valence-electron chi connectivity index (χ3n) is 3.66. The number of aromatic hydroxyl groups is 1. The second-order valence-electron chi connectivity index (χ2n) is 5.20. The first-order valence-electron chi connectivity index (χ1n) is 7.17. The molecule has 0 aliphatic carbocycles. The third-order valence-corrected chi connectivity index (χ3v) is 3.66. The van der Waals surface area contributed by atoms with Crippen LogP contribution in [0.2, 0.25) is 0 Å². The molecule has 0 saturated heterocycles. The fourth-order valence-corrected chi connectivity index (χ4v) is 2.55. The van der Waals surface area contributed by atoms with Gasteiger partial charge in [0.25, 0.3) is 0 Å². The molecule has 2 aromatic heterocycles. The Labute approximate surface area is 126 Å². The summed E-state index contributed by atoms with van der Waals surface area (Å²) in [6.07, 6.45) is 3.28. The second-order valence-corrected chi connectivity index (χ2v) is 5.20. The number of phenols is 1. The molecule has 5 nitrogen and oxygen atoms in total. The van der Waals surface area contributed by atoms with Gasteiger partial charge in [-0.2, -0.15) is 0 Å². The number of hydrogen-bond acceptors (Lipinski definition) is 4. The number of aromatic amines is 1. The van der Waals surface area contributed by atoms with Crippen molar-refractivity contribution in [2.24, 2.45) is 0 Å². The lowest BCUT2D eigenvalue weighted by Gasteiger charge is -2.01. The molecule has 5 heteroatoms. The highest BCUT2D eigenvalue weighted by atomic mass is 16.3. The van der Waals surface area contributed by atoms with Crippen LogP contribution in [-0.4, -0.2) is 25.0 Å². The van der Waals surface area contributed by atoms with Gasteiger partial charge in [0.15, 0.2) is 0 Å². The van der Waals surface area contributed by atoms with Crippen molar-refractivity contribution in [3.63, 3.8) is 0 Å². The smallest absolute Gasteiger partial charge is 0.141 e. The van der Waals surface area contributed by atoms with Crippen LogP contribution in [0.25, 0.3) is 22.1 Å². The molecule has 22 heavy (non-hydrogen) atoms. The molecule has 2 heterocycles. The Morgan fingerprint density at radius 2 is 1.68 bits per heavy atom. The van der Waals surface area contributed by atoms with Gasteiger partial charge in [-0.15, -0.1) is 0 Å². The molecular formula is C17H14N4O. The zero-order chi connectivity index (χ0) is 14.9. The van der Waals surface area contributed by atoms with E-state index in [9.17, 15) is 5.11 Å². The molecule has 2 N–H and O–H groups in total. The standard InChI is InChI=1S/C17H14N4O/c22-15-7-3-6-14-17(15)21-16(20-14)9-8-11-10-18-12-4-1-2-5-13(12)19-11/h1-7,10,22H,8-9H2,(H,20,21). The molecular weight excluding hydrogens is 276 g/mol. The zero-order valence-electron chi connectivity index (χ0n) is 11.8. The number of para-hydroxylation sites is 3. The summed E-state index contributed by atoms with van der Waals surface area (Å²) in [5, 5.41) is 9.79. The molecule has 0 amide bonds. The number of benzene rings is 2. The number of fused-ring (bicyclic) bond motifs is 2. The van der Waals surface area contributed by atoms with Crippen LogP contribution in [0.3, 0.4) is 0 Å². The molecule has 0 aliphatic rings. The van der Waals surface area contributed by atoms with Crippen LogP contribution in [0.5, 0.6) is 5.75 Å². The average Bonchev–Trinajstić information content (AvgIpc) is 2.97. The van der Waals surface area contributed by atoms with E-state index in [1.54, 1.807) is 12.1 Å². The molecule has 0 spiro atoms. The Morgan fingerprint density at radius 3 is 2.55 bits per heavy atom. The van der Waals surface area contributed by atoms with Crippen molar-refractivity contribution in [2.75, 3.05) is 0 Å². The summed E-state index contributed by atoms with van der Waals surface area (Å²) >= 11 is 0. The van der Waals surface area contributed by atoms with Crippen molar-refractivity contribution < 1.29 is 5.11 Å². The minimum Gasteiger partial charge on any atom is -0.506 e. The molecule has 0 saturated carbocycles. The Bertz CT molecular complexity index is 961. The van der Waals surface area contributed by atoms with E-state index in [2.05, 4.69) is 19.9 Å². The van der Waals surface area contributed by atoms with Crippen molar-refractivity contribution >= 4 is 22.1 Å². The zero-order valence-corrected chi connectivity index (χ0v) is 11.8. The monoisotopic (exact) mass is 290 g/mol. The van der Waals surface area contributed by atoms with Gasteiger partial charge in [0.05, 0.1) is 22.2 Å². The lowest BCUT2D eigenvalue weighted by atomic mass is 10.2. The summed E-state index contributed by atoms with van der Waals surface area (Å²) in [6, 6.07) is 13.2. The number of nitrogens with one attached hydrogen (secondary N) is 1. The summed E-state index contributed by atoms with van der Waals surface area (Å²) in [5.41, 5.74) is 4.20. The highest BCUT2D eigenvalue weighted by Gasteiger charge is 2.07. The first kappa shape index (κ1) is 12.8. The van der Waals surface area contributed by atoms with Crippen LogP contribution < -0.4 is 0 Å². The molecule has 0 unspecified atom stereocenters. The molecule has 108 valence electrons. The minimum absolute atomic E-state index is 0.224. The van der Waals surface area contributed by atoms with E-state index in [0.29, 0.717) is 5.52 Å². The molecule has 0 fully saturated rings. The van der Waals surface area contributed by atoms with E-state index in [4.69, 9.17) is 0 Å². The maximum Gasteiger partial charge on any atom is 0.141 e. The normalized spacial score (nSPS) is 11.3. The molecule has 0 atom stereocenters. The van der Waals surface area contributed by atoms with Crippen LogP contribution >= 0.6 is 0 Å². The number of H-pyrrole nitrogens is 1. The Kier molecular flexibility index (Phi) is 2.96. The van der Waals surface area contributed by atoms with Crippen LogP contribution in [0, 0.1) is 0 Å². The van der Waals surface area contributed by atoms with Gasteiger partial charge in [0.1, 0.15) is 17.1 Å². The first-order chi connectivity index (χ1) is 10.8. The van der Waals surface area contributed by atoms with Crippen molar-refractivity contribution in [3.8, 4) is 5.75 Å². The molecule has 4 aromatic rings. The van der Waals surface area contributed by atoms with E-state index in [0.717, 1.165) is 40.9 Å². The van der Waals surface area contributed by atoms with Crippen LogP contribution in [0.15, 0.2) is 48.7 Å². The van der Waals surface area contributed by atoms with Gasteiger partial charge < -0.3 is 10.1 Å². The predicted molar refractivity (Wildman–Crippen MR) is 84.7 cm³/mol. The number of aromatic nitrogens is 4. The SMILES string of the molecule is Oc1cccc2nc(CCc3cnc4ccccc4n3)[nH]c12. The summed E-state index contributed by atoms with van der Waals surface area (Å²) in [5.74, 6) is 1.06. The van der Waals surface area contributed by atoms with E-state index in [1.165, 1.54) is 0 Å². The van der Waals surface area contributed by atoms with Crippen LogP contribution in [0.4, 0.5) is 0 Å². The third kappa shape index (κ3) is 2.26. The molecule has 0 bridgehead atoms. The summed E-state index contributed by atoms with van der Waals surface area (Å²) < 4.78 is 0. The Morgan fingerprint density at radius 1 is 0.864 bits per heavy atom. The number of rotatable bonds is 3. The number of phenolic OH excluding ortho intramolecular Hbond substituents is 1. The van der Waals surface area contributed by atoms with Gasteiger partial charge in [-0.25, -0.2) is 9.97 Å². The van der Waals surface area contributed by atoms with Gasteiger partial charge in [0, 0.05) is 12.6 Å². The molecule has 0 aliphatic heterocycles.